The average molecular weight is 379 g/mol. The van der Waals surface area contributed by atoms with E-state index < -0.39 is 6.10 Å². The Labute approximate surface area is 167 Å². The zero-order valence-corrected chi connectivity index (χ0v) is 17.1. The number of benzene rings is 2. The molecule has 0 spiro atoms. The highest BCUT2D eigenvalue weighted by Crippen LogP contribution is 2.32. The van der Waals surface area contributed by atoms with Gasteiger partial charge in [-0.3, -0.25) is 0 Å². The molecule has 2 unspecified atom stereocenters. The zero-order chi connectivity index (χ0) is 19.7. The third-order valence-electron chi connectivity index (χ3n) is 5.94. The second-order valence-electron chi connectivity index (χ2n) is 8.21. The molecule has 4 rings (SSSR count). The van der Waals surface area contributed by atoms with E-state index in [0.29, 0.717) is 19.1 Å². The molecule has 0 bridgehead atoms. The van der Waals surface area contributed by atoms with Gasteiger partial charge in [0.1, 0.15) is 12.4 Å². The molecule has 1 aromatic heterocycles. The minimum atomic E-state index is -0.520. The Hall–Kier alpha value is -2.30. The lowest BCUT2D eigenvalue weighted by molar-refractivity contribution is 0.123. The Bertz CT molecular complexity index is 945. The molecule has 1 aliphatic rings. The maximum Gasteiger partial charge on any atom is 0.129 e. The number of hydrogen-bond acceptors (Lipinski definition) is 3. The highest BCUT2D eigenvalue weighted by Gasteiger charge is 2.26. The van der Waals surface area contributed by atoms with Crippen molar-refractivity contribution in [3.63, 3.8) is 0 Å². The summed E-state index contributed by atoms with van der Waals surface area (Å²) in [6, 6.07) is 16.4. The highest BCUT2D eigenvalue weighted by molar-refractivity contribution is 5.86. The van der Waals surface area contributed by atoms with Gasteiger partial charge >= 0.3 is 0 Å². The average Bonchev–Trinajstić information content (AvgIpc) is 3.22. The third-order valence-corrected chi connectivity index (χ3v) is 5.94. The lowest BCUT2D eigenvalue weighted by Crippen LogP contribution is -2.27. The molecule has 0 radical (unpaired) electrons. The second kappa shape index (κ2) is 7.98. The number of likely N-dealkylation sites (tertiary alicyclic amines) is 1. The number of ether oxygens (including phenoxy) is 1. The SMILES string of the molecule is Cc1ccc(OCc2c(C(O)CN3CCC(C)C3)c3ccccc3n2C)cc1. The standard InChI is InChI=1S/C24H30N2O2/c1-17-8-10-19(11-9-17)28-16-22-24(20-6-4-5-7-21(20)25(22)3)23(27)15-26-13-12-18(2)14-26/h4-11,18,23,27H,12-16H2,1-3H3. The Morgan fingerprint density at radius 1 is 1.14 bits per heavy atom. The van der Waals surface area contributed by atoms with E-state index in [4.69, 9.17) is 4.74 Å². The Morgan fingerprint density at radius 3 is 2.61 bits per heavy atom. The number of fused-ring (bicyclic) bond motifs is 1. The van der Waals surface area contributed by atoms with E-state index in [1.807, 2.05) is 24.3 Å². The maximum atomic E-state index is 11.2. The van der Waals surface area contributed by atoms with E-state index >= 15 is 0 Å². The second-order valence-corrected chi connectivity index (χ2v) is 8.21. The predicted molar refractivity (Wildman–Crippen MR) is 114 cm³/mol. The molecule has 4 nitrogen and oxygen atoms in total. The third kappa shape index (κ3) is 3.80. The van der Waals surface area contributed by atoms with Gasteiger partial charge in [0, 0.05) is 36.6 Å². The number of nitrogens with zero attached hydrogens (tertiary/aromatic N) is 2. The monoisotopic (exact) mass is 378 g/mol. The Morgan fingerprint density at radius 2 is 1.89 bits per heavy atom. The zero-order valence-electron chi connectivity index (χ0n) is 17.1. The van der Waals surface area contributed by atoms with E-state index in [1.165, 1.54) is 12.0 Å². The molecule has 1 aliphatic heterocycles. The number of aromatic nitrogens is 1. The Kier molecular flexibility index (Phi) is 5.42. The fourth-order valence-corrected chi connectivity index (χ4v) is 4.34. The van der Waals surface area contributed by atoms with Gasteiger partial charge in [-0.1, -0.05) is 42.8 Å². The fourth-order valence-electron chi connectivity index (χ4n) is 4.34. The van der Waals surface area contributed by atoms with Crippen LogP contribution in [0.4, 0.5) is 0 Å². The molecule has 28 heavy (non-hydrogen) atoms. The summed E-state index contributed by atoms with van der Waals surface area (Å²) in [7, 11) is 2.06. The molecule has 1 N–H and O–H groups in total. The molecular formula is C24H30N2O2. The molecule has 148 valence electrons. The number of para-hydroxylation sites is 1. The van der Waals surface area contributed by atoms with Crippen molar-refractivity contribution in [1.82, 2.24) is 9.47 Å². The summed E-state index contributed by atoms with van der Waals surface area (Å²) in [4.78, 5) is 2.38. The first-order chi connectivity index (χ1) is 13.5. The van der Waals surface area contributed by atoms with Gasteiger partial charge in [0.05, 0.1) is 11.8 Å². The van der Waals surface area contributed by atoms with Crippen molar-refractivity contribution < 1.29 is 9.84 Å². The van der Waals surface area contributed by atoms with Gasteiger partial charge in [-0.2, -0.15) is 0 Å². The summed E-state index contributed by atoms with van der Waals surface area (Å²) in [6.07, 6.45) is 0.694. The molecular weight excluding hydrogens is 348 g/mol. The van der Waals surface area contributed by atoms with Crippen molar-refractivity contribution in [3.8, 4) is 5.75 Å². The fraction of sp³-hybridized carbons (Fsp3) is 0.417. The summed E-state index contributed by atoms with van der Waals surface area (Å²) < 4.78 is 8.25. The molecule has 4 heteroatoms. The molecule has 1 fully saturated rings. The van der Waals surface area contributed by atoms with Crippen molar-refractivity contribution in [1.29, 1.82) is 0 Å². The quantitative estimate of drug-likeness (QED) is 0.689. The molecule has 0 aliphatic carbocycles. The van der Waals surface area contributed by atoms with E-state index in [2.05, 4.69) is 54.6 Å². The van der Waals surface area contributed by atoms with Gasteiger partial charge in [0.2, 0.25) is 0 Å². The molecule has 2 heterocycles. The van der Waals surface area contributed by atoms with Crippen LogP contribution >= 0.6 is 0 Å². The van der Waals surface area contributed by atoms with Crippen LogP contribution in [0.15, 0.2) is 48.5 Å². The normalized spacial score (nSPS) is 18.6. The lowest BCUT2D eigenvalue weighted by atomic mass is 10.0. The van der Waals surface area contributed by atoms with Crippen molar-refractivity contribution >= 4 is 10.9 Å². The van der Waals surface area contributed by atoms with Crippen LogP contribution < -0.4 is 4.74 Å². The van der Waals surface area contributed by atoms with Crippen LogP contribution in [-0.4, -0.2) is 34.2 Å². The summed E-state index contributed by atoms with van der Waals surface area (Å²) in [6.45, 7) is 7.61. The van der Waals surface area contributed by atoms with Crippen LogP contribution in [0.5, 0.6) is 5.75 Å². The molecule has 0 amide bonds. The summed E-state index contributed by atoms with van der Waals surface area (Å²) in [5, 5.41) is 12.3. The molecule has 0 saturated carbocycles. The van der Waals surface area contributed by atoms with E-state index in [0.717, 1.165) is 41.0 Å². The van der Waals surface area contributed by atoms with Gasteiger partial charge in [0.25, 0.3) is 0 Å². The van der Waals surface area contributed by atoms with Gasteiger partial charge in [0.15, 0.2) is 0 Å². The van der Waals surface area contributed by atoms with Crippen LogP contribution in [0, 0.1) is 12.8 Å². The first-order valence-electron chi connectivity index (χ1n) is 10.2. The van der Waals surface area contributed by atoms with Gasteiger partial charge in [-0.25, -0.2) is 0 Å². The minimum Gasteiger partial charge on any atom is -0.487 e. The van der Waals surface area contributed by atoms with Crippen LogP contribution in [0.25, 0.3) is 10.9 Å². The Balaban J connectivity index is 1.63. The maximum absolute atomic E-state index is 11.2. The van der Waals surface area contributed by atoms with Crippen molar-refractivity contribution in [3.05, 3.63) is 65.4 Å². The van der Waals surface area contributed by atoms with Crippen LogP contribution in [-0.2, 0) is 13.7 Å². The van der Waals surface area contributed by atoms with E-state index in [-0.39, 0.29) is 0 Å². The van der Waals surface area contributed by atoms with Crippen LogP contribution in [0.2, 0.25) is 0 Å². The number of aryl methyl sites for hydroxylation is 2. The number of hydrogen-bond donors (Lipinski definition) is 1. The van der Waals surface area contributed by atoms with Crippen LogP contribution in [0.1, 0.15) is 36.3 Å². The minimum absolute atomic E-state index is 0.442. The van der Waals surface area contributed by atoms with Crippen molar-refractivity contribution in [2.24, 2.45) is 13.0 Å². The summed E-state index contributed by atoms with van der Waals surface area (Å²) in [5.74, 6) is 1.56. The van der Waals surface area contributed by atoms with E-state index in [9.17, 15) is 5.11 Å². The number of aliphatic hydroxyl groups is 1. The topological polar surface area (TPSA) is 37.6 Å². The van der Waals surface area contributed by atoms with Gasteiger partial charge in [-0.05, 0) is 44.0 Å². The number of aliphatic hydroxyl groups excluding tert-OH is 1. The van der Waals surface area contributed by atoms with Gasteiger partial charge in [-0.15, -0.1) is 0 Å². The molecule has 2 atom stereocenters. The predicted octanol–water partition coefficient (Wildman–Crippen LogP) is 4.44. The smallest absolute Gasteiger partial charge is 0.129 e. The van der Waals surface area contributed by atoms with E-state index in [1.54, 1.807) is 0 Å². The van der Waals surface area contributed by atoms with Crippen LogP contribution in [0.3, 0.4) is 0 Å². The number of β-amino-alcohol motifs (C(OH)–C–C–N with tert-alkyl or cyclic N) is 1. The summed E-state index contributed by atoms with van der Waals surface area (Å²) in [5.41, 5.74) is 4.40. The highest BCUT2D eigenvalue weighted by atomic mass is 16.5. The van der Waals surface area contributed by atoms with Crippen molar-refractivity contribution in [2.75, 3.05) is 19.6 Å². The molecule has 2 aromatic carbocycles. The summed E-state index contributed by atoms with van der Waals surface area (Å²) >= 11 is 0. The largest absolute Gasteiger partial charge is 0.487 e. The van der Waals surface area contributed by atoms with Gasteiger partial charge < -0.3 is 19.3 Å². The first-order valence-corrected chi connectivity index (χ1v) is 10.2. The number of rotatable bonds is 6. The first kappa shape index (κ1) is 19.0. The molecule has 3 aromatic rings. The van der Waals surface area contributed by atoms with Crippen molar-refractivity contribution in [2.45, 2.75) is 33.0 Å². The molecule has 1 saturated heterocycles. The lowest BCUT2D eigenvalue weighted by Gasteiger charge is -2.21.